The molecule has 8 nitrogen and oxygen atoms in total. The van der Waals surface area contributed by atoms with Gasteiger partial charge in [-0.05, 0) is 119 Å². The van der Waals surface area contributed by atoms with E-state index in [0.717, 1.165) is 110 Å². The van der Waals surface area contributed by atoms with Crippen LogP contribution < -0.4 is 0 Å². The summed E-state index contributed by atoms with van der Waals surface area (Å²) in [4.78, 5) is 37.9. The van der Waals surface area contributed by atoms with Gasteiger partial charge in [0.05, 0.1) is 88.3 Å². The predicted octanol–water partition coefficient (Wildman–Crippen LogP) is 10.1. The van der Waals surface area contributed by atoms with Crippen LogP contribution >= 0.6 is 0 Å². The van der Waals surface area contributed by atoms with Crippen molar-refractivity contribution in [3.05, 3.63) is 146 Å². The van der Waals surface area contributed by atoms with Crippen molar-refractivity contribution in [2.75, 3.05) is 0 Å². The lowest BCUT2D eigenvalue weighted by Crippen LogP contribution is -1.91. The summed E-state index contributed by atoms with van der Waals surface area (Å²) in [6.45, 7) is 0. The fraction of sp³-hybridized carbons (Fsp3) is 0. The maximum Gasteiger partial charge on any atom is 0.0917 e. The lowest BCUT2D eigenvalue weighted by Gasteiger charge is -2.07. The molecule has 0 N–H and O–H groups in total. The van der Waals surface area contributed by atoms with Gasteiger partial charge in [-0.3, -0.25) is 0 Å². The fourth-order valence-corrected chi connectivity index (χ4v) is 6.98. The summed E-state index contributed by atoms with van der Waals surface area (Å²) in [5.41, 5.74) is 14.2. The second kappa shape index (κ2) is 11.1. The van der Waals surface area contributed by atoms with Crippen molar-refractivity contribution >= 4 is 110 Å². The van der Waals surface area contributed by atoms with Gasteiger partial charge in [-0.15, -0.1) is 0 Å². The molecular formula is C44H24N8. The molecule has 4 aromatic heterocycles. The molecule has 8 aromatic carbocycles. The van der Waals surface area contributed by atoms with Crippen LogP contribution in [0.4, 0.5) is 0 Å². The van der Waals surface area contributed by atoms with E-state index in [1.807, 2.05) is 109 Å². The molecule has 0 fully saturated rings. The monoisotopic (exact) mass is 664 g/mol. The second-order valence-corrected chi connectivity index (χ2v) is 12.9. The number of aromatic nitrogens is 8. The molecule has 12 aromatic rings. The predicted molar refractivity (Wildman–Crippen MR) is 210 cm³/mol. The Balaban J connectivity index is 0.000000129. The summed E-state index contributed by atoms with van der Waals surface area (Å²) in [6.07, 6.45) is 0. The molecule has 0 atom stereocenters. The summed E-state index contributed by atoms with van der Waals surface area (Å²) in [5, 5.41) is 4.58. The molecule has 8 heteroatoms. The standard InChI is InChI=1S/C26H14N4.C18H10N4/c1-2-6-20-19(5-1)27-23-11-15-9-17-13-25-26(30-22-8-4-3-7-21(22)29-25)14-18(17)10-16(15)12-24(23)28-20;1-2-6-12-11(5-1)19-15-9-17-18(10-16(15)20-12)22-14-8-4-3-7-13(14)21-17/h1-14H;1-10H. The number of fused-ring (bicyclic) bond motifs is 10. The summed E-state index contributed by atoms with van der Waals surface area (Å²) >= 11 is 0. The van der Waals surface area contributed by atoms with Crippen LogP contribution in [0.2, 0.25) is 0 Å². The Morgan fingerprint density at radius 3 is 0.538 bits per heavy atom. The molecule has 0 saturated carbocycles. The number of para-hydroxylation sites is 8. The molecule has 0 saturated heterocycles. The zero-order valence-corrected chi connectivity index (χ0v) is 27.4. The number of hydrogen-bond donors (Lipinski definition) is 0. The Hall–Kier alpha value is -7.32. The Kier molecular flexibility index (Phi) is 6.08. The quantitative estimate of drug-likeness (QED) is 0.148. The van der Waals surface area contributed by atoms with Crippen molar-refractivity contribution in [3.63, 3.8) is 0 Å². The normalized spacial score (nSPS) is 11.8. The molecule has 0 amide bonds. The van der Waals surface area contributed by atoms with E-state index in [-0.39, 0.29) is 0 Å². The van der Waals surface area contributed by atoms with Gasteiger partial charge in [-0.1, -0.05) is 48.5 Å². The average Bonchev–Trinajstić information content (AvgIpc) is 3.17. The van der Waals surface area contributed by atoms with Gasteiger partial charge in [-0.25, -0.2) is 39.9 Å². The molecule has 0 aliphatic rings. The first-order valence-electron chi connectivity index (χ1n) is 17.0. The van der Waals surface area contributed by atoms with Crippen LogP contribution in [0.5, 0.6) is 0 Å². The van der Waals surface area contributed by atoms with E-state index >= 15 is 0 Å². The number of nitrogens with zero attached hydrogens (tertiary/aromatic N) is 8. The zero-order chi connectivity index (χ0) is 34.2. The van der Waals surface area contributed by atoms with Gasteiger partial charge in [0.15, 0.2) is 0 Å². The lowest BCUT2D eigenvalue weighted by atomic mass is 10.0. The highest BCUT2D eigenvalue weighted by Gasteiger charge is 2.09. The highest BCUT2D eigenvalue weighted by atomic mass is 14.8. The Bertz CT molecular complexity index is 2990. The Morgan fingerprint density at radius 2 is 0.346 bits per heavy atom. The molecule has 0 aliphatic heterocycles. The number of hydrogen-bond acceptors (Lipinski definition) is 8. The van der Waals surface area contributed by atoms with Gasteiger partial charge in [0.25, 0.3) is 0 Å². The SMILES string of the molecule is c1ccc2nc3cc4cc5cc6nc7ccccc7nc6cc5cc4cc3nc2c1.c1ccc2nc3cc4nc5ccccc5nc4cc3nc2c1. The molecular weight excluding hydrogens is 641 g/mol. The molecule has 0 spiro atoms. The van der Waals surface area contributed by atoms with E-state index in [1.165, 1.54) is 0 Å². The molecule has 0 aliphatic carbocycles. The number of rotatable bonds is 0. The maximum absolute atomic E-state index is 4.81. The van der Waals surface area contributed by atoms with Crippen LogP contribution in [0.25, 0.3) is 110 Å². The first-order valence-corrected chi connectivity index (χ1v) is 17.0. The fourth-order valence-electron chi connectivity index (χ4n) is 6.98. The van der Waals surface area contributed by atoms with Crippen molar-refractivity contribution in [2.45, 2.75) is 0 Å². The van der Waals surface area contributed by atoms with Gasteiger partial charge >= 0.3 is 0 Å². The first kappa shape index (κ1) is 28.5. The summed E-state index contributed by atoms with van der Waals surface area (Å²) in [7, 11) is 0. The summed E-state index contributed by atoms with van der Waals surface area (Å²) in [5.74, 6) is 0. The van der Waals surface area contributed by atoms with Crippen molar-refractivity contribution in [3.8, 4) is 0 Å². The van der Waals surface area contributed by atoms with Gasteiger partial charge in [0, 0.05) is 0 Å². The van der Waals surface area contributed by atoms with E-state index in [9.17, 15) is 0 Å². The molecule has 4 heterocycles. The highest BCUT2D eigenvalue weighted by molar-refractivity contribution is 6.07. The topological polar surface area (TPSA) is 103 Å². The van der Waals surface area contributed by atoms with Gasteiger partial charge in [0.2, 0.25) is 0 Å². The van der Waals surface area contributed by atoms with E-state index in [2.05, 4.69) is 56.3 Å². The van der Waals surface area contributed by atoms with Crippen molar-refractivity contribution < 1.29 is 0 Å². The minimum atomic E-state index is 0.843. The number of benzene rings is 8. The molecule has 240 valence electrons. The molecule has 0 radical (unpaired) electrons. The maximum atomic E-state index is 4.81. The lowest BCUT2D eigenvalue weighted by molar-refractivity contribution is 1.36. The summed E-state index contributed by atoms with van der Waals surface area (Å²) < 4.78 is 0. The Morgan fingerprint density at radius 1 is 0.173 bits per heavy atom. The van der Waals surface area contributed by atoms with Crippen LogP contribution in [0.3, 0.4) is 0 Å². The average molecular weight is 665 g/mol. The van der Waals surface area contributed by atoms with Crippen molar-refractivity contribution in [1.29, 1.82) is 0 Å². The molecule has 52 heavy (non-hydrogen) atoms. The summed E-state index contributed by atoms with van der Waals surface area (Å²) in [6, 6.07) is 48.6. The molecule has 0 bridgehead atoms. The first-order chi connectivity index (χ1) is 25.7. The minimum Gasteiger partial charge on any atom is -0.244 e. The van der Waals surface area contributed by atoms with Crippen LogP contribution in [-0.2, 0) is 0 Å². The third-order valence-electron chi connectivity index (χ3n) is 9.51. The third-order valence-corrected chi connectivity index (χ3v) is 9.51. The van der Waals surface area contributed by atoms with Crippen LogP contribution in [-0.4, -0.2) is 39.9 Å². The molecule has 0 unspecified atom stereocenters. The van der Waals surface area contributed by atoms with Crippen LogP contribution in [0.1, 0.15) is 0 Å². The smallest absolute Gasteiger partial charge is 0.0917 e. The third kappa shape index (κ3) is 4.77. The highest BCUT2D eigenvalue weighted by Crippen LogP contribution is 2.30. The van der Waals surface area contributed by atoms with Crippen molar-refractivity contribution in [2.24, 2.45) is 0 Å². The minimum absolute atomic E-state index is 0.843. The van der Waals surface area contributed by atoms with E-state index in [1.54, 1.807) is 0 Å². The van der Waals surface area contributed by atoms with E-state index in [4.69, 9.17) is 19.9 Å². The van der Waals surface area contributed by atoms with Crippen LogP contribution in [0.15, 0.2) is 146 Å². The van der Waals surface area contributed by atoms with Gasteiger partial charge < -0.3 is 0 Å². The van der Waals surface area contributed by atoms with E-state index < -0.39 is 0 Å². The molecule has 12 rings (SSSR count). The Labute approximate surface area is 294 Å². The van der Waals surface area contributed by atoms with Gasteiger partial charge in [-0.2, -0.15) is 0 Å². The second-order valence-electron chi connectivity index (χ2n) is 12.9. The largest absolute Gasteiger partial charge is 0.244 e. The van der Waals surface area contributed by atoms with E-state index in [0.29, 0.717) is 0 Å². The van der Waals surface area contributed by atoms with Gasteiger partial charge in [0.1, 0.15) is 0 Å². The van der Waals surface area contributed by atoms with Crippen molar-refractivity contribution in [1.82, 2.24) is 39.9 Å². The zero-order valence-electron chi connectivity index (χ0n) is 27.4. The van der Waals surface area contributed by atoms with Crippen LogP contribution in [0, 0.1) is 0 Å².